The molecule has 0 aliphatic rings. The van der Waals surface area contributed by atoms with Crippen molar-refractivity contribution in [2.24, 2.45) is 0 Å². The molecule has 7 heteroatoms. The van der Waals surface area contributed by atoms with Crippen LogP contribution in [0.5, 0.6) is 0 Å². The molecule has 2 aromatic rings. The van der Waals surface area contributed by atoms with Crippen molar-refractivity contribution in [3.05, 3.63) is 36.4 Å². The number of imidazole rings is 1. The number of sulfonamides is 1. The van der Waals surface area contributed by atoms with Gasteiger partial charge in [0.15, 0.2) is 0 Å². The molecule has 0 amide bonds. The third-order valence-electron chi connectivity index (χ3n) is 2.89. The molecule has 0 saturated heterocycles. The van der Waals surface area contributed by atoms with Gasteiger partial charge in [0.25, 0.3) is 0 Å². The van der Waals surface area contributed by atoms with Gasteiger partial charge in [0.2, 0.25) is 10.0 Å². The van der Waals surface area contributed by atoms with Crippen LogP contribution in [0.25, 0.3) is 5.69 Å². The van der Waals surface area contributed by atoms with E-state index in [1.165, 1.54) is 20.2 Å². The Morgan fingerprint density at radius 1 is 1.32 bits per heavy atom. The fourth-order valence-electron chi connectivity index (χ4n) is 1.80. The van der Waals surface area contributed by atoms with Gasteiger partial charge in [-0.3, -0.25) is 0 Å². The first-order chi connectivity index (χ1) is 8.85. The van der Waals surface area contributed by atoms with Crippen LogP contribution in [0.2, 0.25) is 0 Å². The summed E-state index contributed by atoms with van der Waals surface area (Å²) in [6.45, 7) is 1.83. The summed E-state index contributed by atoms with van der Waals surface area (Å²) in [5.74, 6) is 0.742. The molecule has 102 valence electrons. The Morgan fingerprint density at radius 2 is 2.00 bits per heavy atom. The van der Waals surface area contributed by atoms with Gasteiger partial charge < -0.3 is 10.3 Å². The van der Waals surface area contributed by atoms with Crippen molar-refractivity contribution in [3.8, 4) is 5.69 Å². The number of para-hydroxylation sites is 1. The van der Waals surface area contributed by atoms with Crippen molar-refractivity contribution in [3.63, 3.8) is 0 Å². The fourth-order valence-corrected chi connectivity index (χ4v) is 2.82. The van der Waals surface area contributed by atoms with E-state index < -0.39 is 10.0 Å². The third kappa shape index (κ3) is 2.22. The minimum Gasteiger partial charge on any atom is -0.396 e. The lowest BCUT2D eigenvalue weighted by Gasteiger charge is -2.16. The highest BCUT2D eigenvalue weighted by atomic mass is 32.2. The first-order valence-electron chi connectivity index (χ1n) is 5.67. The highest BCUT2D eigenvalue weighted by Gasteiger charge is 2.22. The molecule has 1 aromatic carbocycles. The molecule has 0 bridgehead atoms. The van der Waals surface area contributed by atoms with E-state index >= 15 is 0 Å². The van der Waals surface area contributed by atoms with Gasteiger partial charge in [-0.1, -0.05) is 6.07 Å². The van der Waals surface area contributed by atoms with Gasteiger partial charge in [-0.05, 0) is 19.1 Å². The lowest BCUT2D eigenvalue weighted by molar-refractivity contribution is 0.521. The third-order valence-corrected chi connectivity index (χ3v) is 4.76. The Labute approximate surface area is 112 Å². The second kappa shape index (κ2) is 4.67. The maximum atomic E-state index is 12.2. The number of rotatable bonds is 3. The normalized spacial score (nSPS) is 12.0. The quantitative estimate of drug-likeness (QED) is 0.851. The van der Waals surface area contributed by atoms with Gasteiger partial charge >= 0.3 is 0 Å². The maximum absolute atomic E-state index is 12.2. The van der Waals surface area contributed by atoms with Crippen molar-refractivity contribution >= 4 is 15.7 Å². The minimum absolute atomic E-state index is 0.100. The number of nitrogens with two attached hydrogens (primary N) is 1. The Morgan fingerprint density at radius 3 is 2.53 bits per heavy atom. The average Bonchev–Trinajstić information content (AvgIpc) is 2.75. The van der Waals surface area contributed by atoms with Crippen LogP contribution in [0.15, 0.2) is 35.5 Å². The molecule has 2 N–H and O–H groups in total. The molecule has 0 fully saturated rings. The molecule has 0 radical (unpaired) electrons. The van der Waals surface area contributed by atoms with Crippen molar-refractivity contribution in [2.45, 2.75) is 11.8 Å². The van der Waals surface area contributed by atoms with Crippen molar-refractivity contribution < 1.29 is 8.42 Å². The lowest BCUT2D eigenvalue weighted by Crippen LogP contribution is -2.23. The van der Waals surface area contributed by atoms with E-state index in [1.54, 1.807) is 29.1 Å². The lowest BCUT2D eigenvalue weighted by atomic mass is 10.2. The SMILES string of the molecule is Cc1nccn1-c1cccc(S(=O)(=O)N(C)C)c1N. The largest absolute Gasteiger partial charge is 0.396 e. The van der Waals surface area contributed by atoms with E-state index in [2.05, 4.69) is 4.98 Å². The Bertz CT molecular complexity index is 704. The van der Waals surface area contributed by atoms with E-state index in [0.29, 0.717) is 5.69 Å². The van der Waals surface area contributed by atoms with Crippen LogP contribution in [0.3, 0.4) is 0 Å². The number of aryl methyl sites for hydroxylation is 1. The van der Waals surface area contributed by atoms with Gasteiger partial charge in [0, 0.05) is 26.5 Å². The summed E-state index contributed by atoms with van der Waals surface area (Å²) in [4.78, 5) is 4.21. The highest BCUT2D eigenvalue weighted by molar-refractivity contribution is 7.89. The molecule has 1 heterocycles. The molecule has 0 atom stereocenters. The summed E-state index contributed by atoms with van der Waals surface area (Å²) in [6, 6.07) is 4.93. The Kier molecular flexibility index (Phi) is 3.34. The monoisotopic (exact) mass is 280 g/mol. The molecule has 0 saturated carbocycles. The van der Waals surface area contributed by atoms with Crippen molar-refractivity contribution in [2.75, 3.05) is 19.8 Å². The van der Waals surface area contributed by atoms with Crippen molar-refractivity contribution in [1.82, 2.24) is 13.9 Å². The fraction of sp³-hybridized carbons (Fsp3) is 0.250. The highest BCUT2D eigenvalue weighted by Crippen LogP contribution is 2.27. The van der Waals surface area contributed by atoms with Gasteiger partial charge in [-0.15, -0.1) is 0 Å². The summed E-state index contributed by atoms with van der Waals surface area (Å²) in [6.07, 6.45) is 3.38. The Hall–Kier alpha value is -1.86. The van der Waals surface area contributed by atoms with Crippen LogP contribution in [0.4, 0.5) is 5.69 Å². The number of benzene rings is 1. The predicted octanol–water partition coefficient (Wildman–Crippen LogP) is 1.01. The smallest absolute Gasteiger partial charge is 0.244 e. The number of hydrogen-bond acceptors (Lipinski definition) is 4. The van der Waals surface area contributed by atoms with Crippen LogP contribution >= 0.6 is 0 Å². The zero-order valence-electron chi connectivity index (χ0n) is 11.0. The molecule has 0 aliphatic carbocycles. The molecule has 19 heavy (non-hydrogen) atoms. The topological polar surface area (TPSA) is 81.2 Å². The first-order valence-corrected chi connectivity index (χ1v) is 7.11. The summed E-state index contributed by atoms with van der Waals surface area (Å²) >= 11 is 0. The number of hydrogen-bond donors (Lipinski definition) is 1. The van der Waals surface area contributed by atoms with Crippen LogP contribution in [-0.4, -0.2) is 36.4 Å². The summed E-state index contributed by atoms with van der Waals surface area (Å²) in [5, 5.41) is 0. The van der Waals surface area contributed by atoms with Crippen LogP contribution in [0.1, 0.15) is 5.82 Å². The van der Waals surface area contributed by atoms with Gasteiger partial charge in [0.05, 0.1) is 11.4 Å². The maximum Gasteiger partial charge on any atom is 0.244 e. The molecule has 6 nitrogen and oxygen atoms in total. The van der Waals surface area contributed by atoms with Crippen LogP contribution in [0, 0.1) is 6.92 Å². The van der Waals surface area contributed by atoms with Gasteiger partial charge in [-0.25, -0.2) is 17.7 Å². The molecular formula is C12H16N4O2S. The average molecular weight is 280 g/mol. The van der Waals surface area contributed by atoms with E-state index in [-0.39, 0.29) is 10.6 Å². The molecule has 2 rings (SSSR count). The molecular weight excluding hydrogens is 264 g/mol. The van der Waals surface area contributed by atoms with E-state index in [1.807, 2.05) is 6.92 Å². The van der Waals surface area contributed by atoms with Gasteiger partial charge in [0.1, 0.15) is 10.7 Å². The first kappa shape index (κ1) is 13.6. The van der Waals surface area contributed by atoms with E-state index in [9.17, 15) is 8.42 Å². The number of nitrogen functional groups attached to an aromatic ring is 1. The number of nitrogens with zero attached hydrogens (tertiary/aromatic N) is 3. The molecule has 1 aromatic heterocycles. The Balaban J connectivity index is 2.67. The van der Waals surface area contributed by atoms with Crippen LogP contribution < -0.4 is 5.73 Å². The summed E-state index contributed by atoms with van der Waals surface area (Å²) < 4.78 is 27.3. The van der Waals surface area contributed by atoms with Crippen LogP contribution in [-0.2, 0) is 10.0 Å². The second-order valence-electron chi connectivity index (χ2n) is 4.32. The number of anilines is 1. The zero-order chi connectivity index (χ0) is 14.2. The standard InChI is InChI=1S/C12H16N4O2S/c1-9-14-7-8-16(9)10-5-4-6-11(12(10)13)19(17,18)15(2)3/h4-8H,13H2,1-3H3. The van der Waals surface area contributed by atoms with Crippen molar-refractivity contribution in [1.29, 1.82) is 0 Å². The summed E-state index contributed by atoms with van der Waals surface area (Å²) in [5.41, 5.74) is 6.84. The minimum atomic E-state index is -3.56. The molecule has 0 unspecified atom stereocenters. The second-order valence-corrected chi connectivity index (χ2v) is 6.44. The van der Waals surface area contributed by atoms with Gasteiger partial charge in [-0.2, -0.15) is 0 Å². The number of aromatic nitrogens is 2. The molecule has 0 spiro atoms. The zero-order valence-corrected chi connectivity index (χ0v) is 11.8. The van der Waals surface area contributed by atoms with E-state index in [0.717, 1.165) is 10.1 Å². The summed E-state index contributed by atoms with van der Waals surface area (Å²) in [7, 11) is -0.607. The predicted molar refractivity (Wildman–Crippen MR) is 73.6 cm³/mol. The van der Waals surface area contributed by atoms with E-state index in [4.69, 9.17) is 5.73 Å². The molecule has 0 aliphatic heterocycles.